The van der Waals surface area contributed by atoms with Crippen molar-refractivity contribution in [1.29, 1.82) is 0 Å². The number of guanidine groups is 1. The maximum Gasteiger partial charge on any atom is 0.243 e. The summed E-state index contributed by atoms with van der Waals surface area (Å²) in [5, 5.41) is 6.55. The molecule has 126 valence electrons. The summed E-state index contributed by atoms with van der Waals surface area (Å²) in [7, 11) is 3.43. The van der Waals surface area contributed by atoms with Crippen LogP contribution >= 0.6 is 0 Å². The van der Waals surface area contributed by atoms with Gasteiger partial charge in [0, 0.05) is 45.7 Å². The molecule has 1 aliphatic heterocycles. The lowest BCUT2D eigenvalue weighted by Gasteiger charge is -2.20. The Labute approximate surface area is 133 Å². The molecule has 0 saturated carbocycles. The highest BCUT2D eigenvalue weighted by Gasteiger charge is 2.26. The Kier molecular flexibility index (Phi) is 7.14. The molecular formula is C15H29N5O2. The second-order valence-electron chi connectivity index (χ2n) is 6.08. The smallest absolute Gasteiger partial charge is 0.243 e. The molecule has 0 radical (unpaired) electrons. The maximum atomic E-state index is 11.7. The van der Waals surface area contributed by atoms with E-state index in [9.17, 15) is 9.59 Å². The van der Waals surface area contributed by atoms with Crippen LogP contribution in [-0.2, 0) is 9.59 Å². The highest BCUT2D eigenvalue weighted by molar-refractivity contribution is 5.85. The zero-order valence-corrected chi connectivity index (χ0v) is 14.3. The minimum atomic E-state index is -0.0425. The second kappa shape index (κ2) is 8.60. The van der Waals surface area contributed by atoms with Crippen LogP contribution < -0.4 is 10.6 Å². The van der Waals surface area contributed by atoms with Crippen molar-refractivity contribution in [2.24, 2.45) is 4.99 Å². The molecule has 1 saturated heterocycles. The third-order valence-electron chi connectivity index (χ3n) is 3.48. The van der Waals surface area contributed by atoms with Gasteiger partial charge in [-0.05, 0) is 20.3 Å². The average Bonchev–Trinajstić information content (AvgIpc) is 2.91. The Balaban J connectivity index is 2.60. The molecule has 2 amide bonds. The number of nitrogens with zero attached hydrogens (tertiary/aromatic N) is 3. The van der Waals surface area contributed by atoms with Gasteiger partial charge in [-0.15, -0.1) is 0 Å². The lowest BCUT2D eigenvalue weighted by molar-refractivity contribution is -0.130. The molecule has 0 aliphatic carbocycles. The fourth-order valence-corrected chi connectivity index (χ4v) is 2.22. The van der Waals surface area contributed by atoms with Crippen molar-refractivity contribution in [1.82, 2.24) is 20.4 Å². The molecule has 0 aromatic carbocycles. The van der Waals surface area contributed by atoms with Crippen LogP contribution in [-0.4, -0.2) is 73.4 Å². The van der Waals surface area contributed by atoms with Crippen LogP contribution in [0.3, 0.4) is 0 Å². The van der Waals surface area contributed by atoms with Crippen molar-refractivity contribution >= 4 is 17.8 Å². The van der Waals surface area contributed by atoms with E-state index in [4.69, 9.17) is 0 Å². The van der Waals surface area contributed by atoms with Crippen LogP contribution in [0.4, 0.5) is 0 Å². The number of nitrogens with one attached hydrogen (secondary N) is 2. The van der Waals surface area contributed by atoms with E-state index in [0.29, 0.717) is 18.9 Å². The summed E-state index contributed by atoms with van der Waals surface area (Å²) in [4.78, 5) is 31.1. The number of aliphatic imine (C=N–C) groups is 1. The van der Waals surface area contributed by atoms with E-state index in [0.717, 1.165) is 13.0 Å². The summed E-state index contributed by atoms with van der Waals surface area (Å²) in [5.41, 5.74) is 0. The zero-order chi connectivity index (χ0) is 16.7. The van der Waals surface area contributed by atoms with Gasteiger partial charge in [-0.25, -0.2) is 4.99 Å². The Bertz CT molecular complexity index is 420. The monoisotopic (exact) mass is 311 g/mol. The van der Waals surface area contributed by atoms with Gasteiger partial charge >= 0.3 is 0 Å². The zero-order valence-electron chi connectivity index (χ0n) is 14.3. The average molecular weight is 311 g/mol. The quantitative estimate of drug-likeness (QED) is 0.555. The molecule has 0 aromatic heterocycles. The molecule has 0 bridgehead atoms. The Morgan fingerprint density at radius 3 is 2.59 bits per heavy atom. The van der Waals surface area contributed by atoms with Crippen LogP contribution in [0.2, 0.25) is 0 Å². The molecule has 2 N–H and O–H groups in total. The number of rotatable bonds is 5. The first-order valence-corrected chi connectivity index (χ1v) is 7.88. The van der Waals surface area contributed by atoms with E-state index < -0.39 is 0 Å². The lowest BCUT2D eigenvalue weighted by Crippen LogP contribution is -2.47. The summed E-state index contributed by atoms with van der Waals surface area (Å²) in [5.74, 6) is 0.766. The van der Waals surface area contributed by atoms with Gasteiger partial charge in [0.25, 0.3) is 0 Å². The van der Waals surface area contributed by atoms with E-state index >= 15 is 0 Å². The van der Waals surface area contributed by atoms with E-state index in [1.807, 2.05) is 25.7 Å². The molecule has 1 unspecified atom stereocenters. The first-order chi connectivity index (χ1) is 10.3. The summed E-state index contributed by atoms with van der Waals surface area (Å²) in [6, 6.07) is 0.394. The standard InChI is InChI=1S/C15H29N5O2/c1-6-13(21)20-8-7-12(10-20)18-15(17-11(2)3)16-9-14(22)19(4)5/h11-12H,6-10H2,1-5H3,(H2,16,17,18). The van der Waals surface area contributed by atoms with E-state index in [-0.39, 0.29) is 30.4 Å². The van der Waals surface area contributed by atoms with E-state index in [1.54, 1.807) is 14.1 Å². The largest absolute Gasteiger partial charge is 0.354 e. The molecule has 1 rings (SSSR count). The van der Waals surface area contributed by atoms with Gasteiger partial charge in [0.1, 0.15) is 6.54 Å². The third-order valence-corrected chi connectivity index (χ3v) is 3.48. The van der Waals surface area contributed by atoms with E-state index in [2.05, 4.69) is 15.6 Å². The highest BCUT2D eigenvalue weighted by atomic mass is 16.2. The van der Waals surface area contributed by atoms with Crippen LogP contribution in [0, 0.1) is 0 Å². The fourth-order valence-electron chi connectivity index (χ4n) is 2.22. The van der Waals surface area contributed by atoms with Crippen LogP contribution in [0.1, 0.15) is 33.6 Å². The van der Waals surface area contributed by atoms with Gasteiger partial charge in [-0.2, -0.15) is 0 Å². The first-order valence-electron chi connectivity index (χ1n) is 7.88. The number of carbonyl (C=O) groups excluding carboxylic acids is 2. The number of likely N-dealkylation sites (N-methyl/N-ethyl adjacent to an activating group) is 1. The second-order valence-corrected chi connectivity index (χ2v) is 6.08. The van der Waals surface area contributed by atoms with Crippen molar-refractivity contribution in [3.63, 3.8) is 0 Å². The molecular weight excluding hydrogens is 282 g/mol. The van der Waals surface area contributed by atoms with Crippen molar-refractivity contribution in [2.45, 2.75) is 45.7 Å². The molecule has 1 heterocycles. The Morgan fingerprint density at radius 1 is 1.36 bits per heavy atom. The predicted octanol–water partition coefficient (Wildman–Crippen LogP) is 0.0291. The molecule has 22 heavy (non-hydrogen) atoms. The number of hydrogen-bond donors (Lipinski definition) is 2. The van der Waals surface area contributed by atoms with Crippen LogP contribution in [0.25, 0.3) is 0 Å². The van der Waals surface area contributed by atoms with Gasteiger partial charge in [0.2, 0.25) is 11.8 Å². The molecule has 0 aromatic rings. The normalized spacial score (nSPS) is 18.5. The van der Waals surface area contributed by atoms with Crippen LogP contribution in [0.5, 0.6) is 0 Å². The van der Waals surface area contributed by atoms with Crippen molar-refractivity contribution < 1.29 is 9.59 Å². The highest BCUT2D eigenvalue weighted by Crippen LogP contribution is 2.10. The molecule has 1 fully saturated rings. The van der Waals surface area contributed by atoms with Crippen LogP contribution in [0.15, 0.2) is 4.99 Å². The molecule has 7 nitrogen and oxygen atoms in total. The summed E-state index contributed by atoms with van der Waals surface area (Å²) < 4.78 is 0. The first kappa shape index (κ1) is 18.3. The van der Waals surface area contributed by atoms with Gasteiger partial charge in [-0.1, -0.05) is 6.92 Å². The number of likely N-dealkylation sites (tertiary alicyclic amines) is 1. The van der Waals surface area contributed by atoms with Gasteiger partial charge in [0.05, 0.1) is 0 Å². The Hall–Kier alpha value is -1.79. The fraction of sp³-hybridized carbons (Fsp3) is 0.800. The van der Waals surface area contributed by atoms with Gasteiger partial charge in [0.15, 0.2) is 5.96 Å². The number of amides is 2. The molecule has 0 spiro atoms. The summed E-state index contributed by atoms with van der Waals surface area (Å²) in [6.07, 6.45) is 1.43. The van der Waals surface area contributed by atoms with E-state index in [1.165, 1.54) is 4.90 Å². The van der Waals surface area contributed by atoms with Crippen molar-refractivity contribution in [2.75, 3.05) is 33.7 Å². The topological polar surface area (TPSA) is 77.0 Å². The Morgan fingerprint density at radius 2 is 2.05 bits per heavy atom. The lowest BCUT2D eigenvalue weighted by atomic mass is 10.3. The summed E-state index contributed by atoms with van der Waals surface area (Å²) >= 11 is 0. The third kappa shape index (κ3) is 5.91. The number of carbonyl (C=O) groups is 2. The minimum Gasteiger partial charge on any atom is -0.354 e. The number of hydrogen-bond acceptors (Lipinski definition) is 3. The molecule has 1 atom stereocenters. The summed E-state index contributed by atoms with van der Waals surface area (Å²) in [6.45, 7) is 7.49. The maximum absolute atomic E-state index is 11.7. The van der Waals surface area contributed by atoms with Gasteiger partial charge in [-0.3, -0.25) is 9.59 Å². The van der Waals surface area contributed by atoms with Gasteiger partial charge < -0.3 is 20.4 Å². The SMILES string of the molecule is CCC(=O)N1CCC(NC(=NCC(=O)N(C)C)NC(C)C)C1. The minimum absolute atomic E-state index is 0.0425. The molecule has 7 heteroatoms. The predicted molar refractivity (Wildman–Crippen MR) is 87.7 cm³/mol. The van der Waals surface area contributed by atoms with Crippen molar-refractivity contribution in [3.8, 4) is 0 Å². The van der Waals surface area contributed by atoms with Crippen molar-refractivity contribution in [3.05, 3.63) is 0 Å². The molecule has 1 aliphatic rings.